The molecule has 0 fully saturated rings. The van der Waals surface area contributed by atoms with Crippen LogP contribution in [-0.2, 0) is 0 Å². The van der Waals surface area contributed by atoms with Gasteiger partial charge in [-0.15, -0.1) is 0 Å². The second-order valence-electron chi connectivity index (χ2n) is 1.99. The lowest BCUT2D eigenvalue weighted by molar-refractivity contribution is 1.22. The van der Waals surface area contributed by atoms with E-state index in [9.17, 15) is 0 Å². The van der Waals surface area contributed by atoms with Gasteiger partial charge in [-0.1, -0.05) is 18.7 Å². The Morgan fingerprint density at radius 1 is 1.45 bits per heavy atom. The zero-order chi connectivity index (χ0) is 8.85. The summed E-state index contributed by atoms with van der Waals surface area (Å²) in [4.78, 5) is 0. The maximum Gasteiger partial charge on any atom is 0.103 e. The number of allylic oxidation sites excluding steroid dienone is 4. The Hall–Kier alpha value is -1.51. The van der Waals surface area contributed by atoms with E-state index in [1.165, 1.54) is 6.08 Å². The molecule has 0 saturated carbocycles. The quantitative estimate of drug-likeness (QED) is 0.414. The molecule has 0 aromatic heterocycles. The zero-order valence-corrected chi connectivity index (χ0v) is 6.59. The van der Waals surface area contributed by atoms with E-state index in [1.54, 1.807) is 12.2 Å². The van der Waals surface area contributed by atoms with Gasteiger partial charge in [0.1, 0.15) is 5.82 Å². The van der Waals surface area contributed by atoms with Gasteiger partial charge in [0.2, 0.25) is 0 Å². The third-order valence-electron chi connectivity index (χ3n) is 1.14. The van der Waals surface area contributed by atoms with Crippen LogP contribution in [0.1, 0.15) is 6.92 Å². The van der Waals surface area contributed by atoms with Crippen molar-refractivity contribution in [3.05, 3.63) is 36.2 Å². The highest BCUT2D eigenvalue weighted by atomic mass is 14.8. The highest BCUT2D eigenvalue weighted by Crippen LogP contribution is 2.00. The zero-order valence-electron chi connectivity index (χ0n) is 6.59. The maximum absolute atomic E-state index is 7.34. The molecule has 0 amide bonds. The average molecular weight is 151 g/mol. The van der Waals surface area contributed by atoms with Crippen molar-refractivity contribution in [2.24, 2.45) is 11.5 Å². The van der Waals surface area contributed by atoms with Crippen LogP contribution in [0.25, 0.3) is 0 Å². The van der Waals surface area contributed by atoms with Crippen LogP contribution in [0.2, 0.25) is 0 Å². The normalized spacial score (nSPS) is 9.55. The van der Waals surface area contributed by atoms with Gasteiger partial charge in [-0.3, -0.25) is 0 Å². The summed E-state index contributed by atoms with van der Waals surface area (Å²) in [6, 6.07) is 0. The molecular weight excluding hydrogens is 138 g/mol. The van der Waals surface area contributed by atoms with Gasteiger partial charge >= 0.3 is 0 Å². The molecule has 0 unspecified atom stereocenters. The van der Waals surface area contributed by atoms with Crippen LogP contribution in [0.4, 0.5) is 0 Å². The third-order valence-corrected chi connectivity index (χ3v) is 1.14. The predicted octanol–water partition coefficient (Wildman–Crippen LogP) is 0.897. The van der Waals surface area contributed by atoms with Gasteiger partial charge in [0.05, 0.1) is 5.71 Å². The molecule has 60 valence electrons. The molecule has 0 aromatic rings. The van der Waals surface area contributed by atoms with Gasteiger partial charge in [-0.25, -0.2) is 0 Å². The maximum atomic E-state index is 7.34. The molecule has 3 nitrogen and oxygen atoms in total. The summed E-state index contributed by atoms with van der Waals surface area (Å²) in [5.74, 6) is 0.146. The van der Waals surface area contributed by atoms with Crippen molar-refractivity contribution in [3.63, 3.8) is 0 Å². The van der Waals surface area contributed by atoms with E-state index >= 15 is 0 Å². The van der Waals surface area contributed by atoms with Gasteiger partial charge < -0.3 is 16.9 Å². The Morgan fingerprint density at radius 3 is 2.27 bits per heavy atom. The molecule has 0 aromatic carbocycles. The first-order valence-corrected chi connectivity index (χ1v) is 3.22. The van der Waals surface area contributed by atoms with Crippen molar-refractivity contribution in [1.82, 2.24) is 0 Å². The standard InChI is InChI=1S/C8H13N3/c1-3-5-6(8(10)11)7(9)4-2/h3-5,9H,2,10-11H2,1H3/b5-3-,9-7?. The van der Waals surface area contributed by atoms with Crippen LogP contribution < -0.4 is 11.5 Å². The highest BCUT2D eigenvalue weighted by Gasteiger charge is 1.99. The lowest BCUT2D eigenvalue weighted by atomic mass is 10.1. The summed E-state index contributed by atoms with van der Waals surface area (Å²) >= 11 is 0. The van der Waals surface area contributed by atoms with E-state index in [0.29, 0.717) is 5.57 Å². The number of rotatable bonds is 3. The molecule has 0 heterocycles. The summed E-state index contributed by atoms with van der Waals surface area (Å²) in [6.45, 7) is 5.28. The highest BCUT2D eigenvalue weighted by molar-refractivity contribution is 6.08. The van der Waals surface area contributed by atoms with Crippen LogP contribution in [-0.4, -0.2) is 5.71 Å². The Balaban J connectivity index is 4.77. The predicted molar refractivity (Wildman–Crippen MR) is 48.1 cm³/mol. The molecule has 0 rings (SSSR count). The minimum Gasteiger partial charge on any atom is -0.385 e. The van der Waals surface area contributed by atoms with Gasteiger partial charge in [-0.05, 0) is 13.0 Å². The molecule has 0 bridgehead atoms. The third kappa shape index (κ3) is 2.71. The van der Waals surface area contributed by atoms with Gasteiger partial charge in [0.25, 0.3) is 0 Å². The van der Waals surface area contributed by atoms with Gasteiger partial charge in [0.15, 0.2) is 0 Å². The molecule has 0 spiro atoms. The number of nitrogens with one attached hydrogen (secondary N) is 1. The van der Waals surface area contributed by atoms with Gasteiger partial charge in [-0.2, -0.15) is 0 Å². The van der Waals surface area contributed by atoms with Crippen LogP contribution in [0, 0.1) is 5.41 Å². The summed E-state index contributed by atoms with van der Waals surface area (Å²) < 4.78 is 0. The van der Waals surface area contributed by atoms with Crippen LogP contribution in [0.3, 0.4) is 0 Å². The van der Waals surface area contributed by atoms with Crippen molar-refractivity contribution >= 4 is 5.71 Å². The van der Waals surface area contributed by atoms with Crippen molar-refractivity contribution in [3.8, 4) is 0 Å². The van der Waals surface area contributed by atoms with E-state index in [0.717, 1.165) is 0 Å². The Bertz CT molecular complexity index is 219. The first kappa shape index (κ1) is 9.49. The lowest BCUT2D eigenvalue weighted by Crippen LogP contribution is -2.14. The number of hydrogen-bond acceptors (Lipinski definition) is 3. The smallest absolute Gasteiger partial charge is 0.103 e. The number of nitrogens with two attached hydrogens (primary N) is 2. The van der Waals surface area contributed by atoms with Crippen molar-refractivity contribution in [2.45, 2.75) is 6.92 Å². The fraction of sp³-hybridized carbons (Fsp3) is 0.125. The summed E-state index contributed by atoms with van der Waals surface area (Å²) in [5, 5.41) is 7.34. The molecule has 5 N–H and O–H groups in total. The molecule has 0 atom stereocenters. The SMILES string of the molecule is C=CC(=N)C(/C=C\C)=C(N)N. The van der Waals surface area contributed by atoms with Gasteiger partial charge in [0, 0.05) is 5.57 Å². The second-order valence-corrected chi connectivity index (χ2v) is 1.99. The first-order chi connectivity index (χ1) is 5.13. The largest absolute Gasteiger partial charge is 0.385 e. The molecule has 0 aliphatic rings. The van der Waals surface area contributed by atoms with E-state index in [2.05, 4.69) is 6.58 Å². The fourth-order valence-corrected chi connectivity index (χ4v) is 0.618. The molecule has 0 aliphatic carbocycles. The van der Waals surface area contributed by atoms with Crippen LogP contribution in [0.15, 0.2) is 36.2 Å². The first-order valence-electron chi connectivity index (χ1n) is 3.22. The minimum atomic E-state index is 0.146. The molecule has 0 aliphatic heterocycles. The monoisotopic (exact) mass is 151 g/mol. The molecule has 3 heteroatoms. The molecule has 11 heavy (non-hydrogen) atoms. The summed E-state index contributed by atoms with van der Waals surface area (Å²) in [5.41, 5.74) is 11.4. The minimum absolute atomic E-state index is 0.146. The Morgan fingerprint density at radius 2 is 2.00 bits per heavy atom. The lowest BCUT2D eigenvalue weighted by Gasteiger charge is -2.00. The molecule has 0 saturated heterocycles. The molecule has 0 radical (unpaired) electrons. The van der Waals surface area contributed by atoms with Crippen molar-refractivity contribution in [1.29, 1.82) is 5.41 Å². The van der Waals surface area contributed by atoms with E-state index in [1.807, 2.05) is 6.92 Å². The van der Waals surface area contributed by atoms with Crippen LogP contribution in [0.5, 0.6) is 0 Å². The Kier molecular flexibility index (Phi) is 3.73. The van der Waals surface area contributed by atoms with E-state index < -0.39 is 0 Å². The second kappa shape index (κ2) is 4.33. The fourth-order valence-electron chi connectivity index (χ4n) is 0.618. The summed E-state index contributed by atoms with van der Waals surface area (Å²) in [6.07, 6.45) is 4.85. The van der Waals surface area contributed by atoms with E-state index in [4.69, 9.17) is 16.9 Å². The Labute approximate surface area is 66.6 Å². The average Bonchev–Trinajstić information content (AvgIpc) is 1.98. The van der Waals surface area contributed by atoms with Crippen LogP contribution >= 0.6 is 0 Å². The molecular formula is C8H13N3. The van der Waals surface area contributed by atoms with E-state index in [-0.39, 0.29) is 11.5 Å². The van der Waals surface area contributed by atoms with Crippen molar-refractivity contribution in [2.75, 3.05) is 0 Å². The topological polar surface area (TPSA) is 75.9 Å². The summed E-state index contributed by atoms with van der Waals surface area (Å²) in [7, 11) is 0. The number of hydrogen-bond donors (Lipinski definition) is 3. The van der Waals surface area contributed by atoms with Crippen molar-refractivity contribution < 1.29 is 0 Å².